The lowest BCUT2D eigenvalue weighted by atomic mass is 10.1. The Morgan fingerprint density at radius 3 is 1.12 bits per heavy atom. The Labute approximate surface area is 395 Å². The average molecular weight is 887 g/mol. The molecule has 0 spiro atoms. The van der Waals surface area contributed by atoms with Gasteiger partial charge in [0.25, 0.3) is 0 Å². The first-order chi connectivity index (χ1) is 31.6. The summed E-state index contributed by atoms with van der Waals surface area (Å²) in [6.07, 6.45) is 73.8. The fourth-order valence-corrected chi connectivity index (χ4v) is 6.90. The minimum Gasteiger partial charge on any atom is -0.462 e. The van der Waals surface area contributed by atoms with Crippen molar-refractivity contribution in [2.75, 3.05) is 19.8 Å². The van der Waals surface area contributed by atoms with Crippen LogP contribution in [0.4, 0.5) is 0 Å². The Morgan fingerprint density at radius 2 is 0.703 bits per heavy atom. The summed E-state index contributed by atoms with van der Waals surface area (Å²) in [7, 11) is 0. The Kier molecular flexibility index (Phi) is 51.0. The highest BCUT2D eigenvalue weighted by Gasteiger charge is 2.17. The van der Waals surface area contributed by atoms with Gasteiger partial charge in [0, 0.05) is 19.4 Å². The second-order valence-electron chi connectivity index (χ2n) is 17.0. The van der Waals surface area contributed by atoms with Crippen molar-refractivity contribution in [2.45, 2.75) is 232 Å². The van der Waals surface area contributed by atoms with Gasteiger partial charge in [-0.3, -0.25) is 9.59 Å². The van der Waals surface area contributed by atoms with Gasteiger partial charge < -0.3 is 14.2 Å². The largest absolute Gasteiger partial charge is 0.462 e. The summed E-state index contributed by atoms with van der Waals surface area (Å²) < 4.78 is 17.4. The van der Waals surface area contributed by atoms with E-state index < -0.39 is 6.10 Å². The summed E-state index contributed by atoms with van der Waals surface area (Å²) in [6.45, 7) is 7.47. The van der Waals surface area contributed by atoms with Crippen LogP contribution in [-0.4, -0.2) is 37.9 Å². The van der Waals surface area contributed by atoms with E-state index in [0.717, 1.165) is 122 Å². The third kappa shape index (κ3) is 51.2. The van der Waals surface area contributed by atoms with Crippen molar-refractivity contribution in [2.24, 2.45) is 0 Å². The van der Waals surface area contributed by atoms with Crippen molar-refractivity contribution >= 4 is 11.9 Å². The Hall–Kier alpha value is -3.44. The third-order valence-electron chi connectivity index (χ3n) is 10.8. The zero-order chi connectivity index (χ0) is 46.3. The maximum atomic E-state index is 12.8. The standard InChI is InChI=1S/C59H98O5/c1-4-7-10-13-16-19-22-25-28-30-32-34-37-40-43-46-49-52-58(60)63-56-57(55-62-54-51-48-45-42-39-36-33-29-26-23-20-17-14-11-8-5-2)64-59(61)53-50-47-44-41-38-35-31-27-24-21-18-15-12-9-6-3/h8-9,11-12,16-21,25-29,31,36,39,57H,4-7,10,13-15,22-24,30,32-35,37-38,40-56H2,1-3H3/b11-8-,12-9-,19-16-,20-17-,21-18-,28-25-,29-26-,31-27-,39-36-. The molecule has 1 atom stereocenters. The number of allylic oxidation sites excluding steroid dienone is 18. The SMILES string of the molecule is CC/C=C\C/C=C\C/C=C\C/C=C\CCCCCOCC(COC(=O)CCCCCCCCC/C=C\C/C=C\CCCCC)OC(=O)CCCCCCC/C=C\C/C=C\C/C=C\CC. The predicted octanol–water partition coefficient (Wildman–Crippen LogP) is 18.0. The number of unbranched alkanes of at least 4 members (excludes halogenated alkanes) is 18. The van der Waals surface area contributed by atoms with E-state index in [-0.39, 0.29) is 25.2 Å². The van der Waals surface area contributed by atoms with E-state index in [1.54, 1.807) is 0 Å². The number of carbonyl (C=O) groups excluding carboxylic acids is 2. The van der Waals surface area contributed by atoms with Crippen LogP contribution in [0.5, 0.6) is 0 Å². The molecule has 5 heteroatoms. The topological polar surface area (TPSA) is 61.8 Å². The summed E-state index contributed by atoms with van der Waals surface area (Å²) in [5, 5.41) is 0. The van der Waals surface area contributed by atoms with Crippen molar-refractivity contribution in [3.8, 4) is 0 Å². The number of hydrogen-bond acceptors (Lipinski definition) is 5. The minimum absolute atomic E-state index is 0.0549. The molecule has 0 saturated carbocycles. The van der Waals surface area contributed by atoms with E-state index in [0.29, 0.717) is 19.4 Å². The third-order valence-corrected chi connectivity index (χ3v) is 10.8. The predicted molar refractivity (Wildman–Crippen MR) is 279 cm³/mol. The second kappa shape index (κ2) is 53.9. The van der Waals surface area contributed by atoms with Gasteiger partial charge in [-0.2, -0.15) is 0 Å². The van der Waals surface area contributed by atoms with Crippen LogP contribution in [0.2, 0.25) is 0 Å². The number of hydrogen-bond donors (Lipinski definition) is 0. The smallest absolute Gasteiger partial charge is 0.306 e. The van der Waals surface area contributed by atoms with Crippen LogP contribution < -0.4 is 0 Å². The highest BCUT2D eigenvalue weighted by atomic mass is 16.6. The van der Waals surface area contributed by atoms with Gasteiger partial charge in [-0.1, -0.05) is 201 Å². The van der Waals surface area contributed by atoms with E-state index in [1.165, 1.54) is 70.6 Å². The molecule has 0 saturated heterocycles. The summed E-state index contributed by atoms with van der Waals surface area (Å²) in [5.41, 5.74) is 0. The van der Waals surface area contributed by atoms with Crippen molar-refractivity contribution < 1.29 is 23.8 Å². The molecule has 0 bridgehead atoms. The van der Waals surface area contributed by atoms with Crippen LogP contribution in [0.25, 0.3) is 0 Å². The molecule has 0 aromatic carbocycles. The van der Waals surface area contributed by atoms with Gasteiger partial charge in [0.15, 0.2) is 6.10 Å². The van der Waals surface area contributed by atoms with Gasteiger partial charge in [-0.05, 0) is 122 Å². The number of ether oxygens (including phenoxy) is 3. The number of rotatable bonds is 47. The molecule has 0 aliphatic heterocycles. The lowest BCUT2D eigenvalue weighted by Gasteiger charge is -2.18. The lowest BCUT2D eigenvalue weighted by Crippen LogP contribution is -2.30. The molecule has 5 nitrogen and oxygen atoms in total. The van der Waals surface area contributed by atoms with E-state index in [9.17, 15) is 9.59 Å². The quantitative estimate of drug-likeness (QED) is 0.0346. The van der Waals surface area contributed by atoms with Gasteiger partial charge in [0.05, 0.1) is 6.61 Å². The molecular formula is C59H98O5. The fourth-order valence-electron chi connectivity index (χ4n) is 6.90. The fraction of sp³-hybridized carbons (Fsp3) is 0.661. The van der Waals surface area contributed by atoms with Crippen LogP contribution in [0.15, 0.2) is 109 Å². The minimum atomic E-state index is -0.572. The van der Waals surface area contributed by atoms with Gasteiger partial charge in [-0.15, -0.1) is 0 Å². The number of esters is 2. The molecule has 0 radical (unpaired) electrons. The summed E-state index contributed by atoms with van der Waals surface area (Å²) in [6, 6.07) is 0. The molecule has 0 rings (SSSR count). The van der Waals surface area contributed by atoms with Gasteiger partial charge in [0.2, 0.25) is 0 Å². The van der Waals surface area contributed by atoms with Crippen molar-refractivity contribution in [3.63, 3.8) is 0 Å². The first-order valence-corrected chi connectivity index (χ1v) is 26.4. The highest BCUT2D eigenvalue weighted by molar-refractivity contribution is 5.70. The normalized spacial score (nSPS) is 13.1. The zero-order valence-corrected chi connectivity index (χ0v) is 41.8. The first-order valence-electron chi connectivity index (χ1n) is 26.4. The molecule has 0 heterocycles. The number of carbonyl (C=O) groups is 2. The van der Waals surface area contributed by atoms with Crippen LogP contribution in [0, 0.1) is 0 Å². The summed E-state index contributed by atoms with van der Waals surface area (Å²) in [5.74, 6) is -0.448. The molecular weight excluding hydrogens is 789 g/mol. The van der Waals surface area contributed by atoms with Crippen molar-refractivity contribution in [3.05, 3.63) is 109 Å². The Morgan fingerprint density at radius 1 is 0.359 bits per heavy atom. The van der Waals surface area contributed by atoms with Crippen LogP contribution in [0.1, 0.15) is 226 Å². The van der Waals surface area contributed by atoms with Crippen LogP contribution >= 0.6 is 0 Å². The molecule has 0 aliphatic rings. The summed E-state index contributed by atoms with van der Waals surface area (Å²) in [4.78, 5) is 25.4. The Bertz CT molecular complexity index is 1280. The maximum absolute atomic E-state index is 12.8. The van der Waals surface area contributed by atoms with Crippen LogP contribution in [0.3, 0.4) is 0 Å². The summed E-state index contributed by atoms with van der Waals surface area (Å²) >= 11 is 0. The average Bonchev–Trinajstić information content (AvgIpc) is 3.30. The molecule has 64 heavy (non-hydrogen) atoms. The lowest BCUT2D eigenvalue weighted by molar-refractivity contribution is -0.163. The van der Waals surface area contributed by atoms with Gasteiger partial charge >= 0.3 is 11.9 Å². The molecule has 0 fully saturated rings. The molecule has 0 aliphatic carbocycles. The van der Waals surface area contributed by atoms with Gasteiger partial charge in [-0.25, -0.2) is 0 Å². The maximum Gasteiger partial charge on any atom is 0.306 e. The zero-order valence-electron chi connectivity index (χ0n) is 41.8. The van der Waals surface area contributed by atoms with E-state index in [1.807, 2.05) is 0 Å². The molecule has 0 aromatic rings. The van der Waals surface area contributed by atoms with Crippen molar-refractivity contribution in [1.29, 1.82) is 0 Å². The monoisotopic (exact) mass is 887 g/mol. The van der Waals surface area contributed by atoms with Crippen LogP contribution in [-0.2, 0) is 23.8 Å². The van der Waals surface area contributed by atoms with E-state index in [2.05, 4.69) is 130 Å². The molecule has 1 unspecified atom stereocenters. The second-order valence-corrected chi connectivity index (χ2v) is 17.0. The first kappa shape index (κ1) is 60.6. The van der Waals surface area contributed by atoms with Gasteiger partial charge in [0.1, 0.15) is 6.61 Å². The Balaban J connectivity index is 4.39. The molecule has 0 N–H and O–H groups in total. The molecule has 0 aromatic heterocycles. The van der Waals surface area contributed by atoms with E-state index >= 15 is 0 Å². The molecule has 0 amide bonds. The van der Waals surface area contributed by atoms with E-state index in [4.69, 9.17) is 14.2 Å². The van der Waals surface area contributed by atoms with Crippen molar-refractivity contribution in [1.82, 2.24) is 0 Å². The highest BCUT2D eigenvalue weighted by Crippen LogP contribution is 2.13. The molecule has 364 valence electrons.